The van der Waals surface area contributed by atoms with Gasteiger partial charge in [0.1, 0.15) is 0 Å². The predicted octanol–water partition coefficient (Wildman–Crippen LogP) is 2.92. The van der Waals surface area contributed by atoms with Gasteiger partial charge in [-0.1, -0.05) is 30.3 Å². The van der Waals surface area contributed by atoms with Crippen LogP contribution in [-0.2, 0) is 4.79 Å². The summed E-state index contributed by atoms with van der Waals surface area (Å²) >= 11 is 0. The van der Waals surface area contributed by atoms with Crippen LogP contribution >= 0.6 is 0 Å². The van der Waals surface area contributed by atoms with Gasteiger partial charge in [0, 0.05) is 18.2 Å². The number of urea groups is 1. The van der Waals surface area contributed by atoms with Crippen LogP contribution < -0.4 is 20.1 Å². The van der Waals surface area contributed by atoms with E-state index in [0.29, 0.717) is 35.8 Å². The average Bonchev–Trinajstić information content (AvgIpc) is 2.67. The molecular weight excluding hydrogens is 346 g/mol. The summed E-state index contributed by atoms with van der Waals surface area (Å²) in [6.45, 7) is 4.31. The van der Waals surface area contributed by atoms with Gasteiger partial charge in [-0.15, -0.1) is 0 Å². The molecule has 140 valence electrons. The fourth-order valence-corrected chi connectivity index (χ4v) is 2.35. The van der Waals surface area contributed by atoms with Crippen LogP contribution in [0.2, 0.25) is 0 Å². The van der Waals surface area contributed by atoms with E-state index in [9.17, 15) is 9.59 Å². The van der Waals surface area contributed by atoms with Crippen LogP contribution in [0.3, 0.4) is 0 Å². The Kier molecular flexibility index (Phi) is 7.20. The zero-order chi connectivity index (χ0) is 19.6. The number of nitrogens with one attached hydrogen (secondary N) is 2. The third kappa shape index (κ3) is 5.47. The van der Waals surface area contributed by atoms with Crippen molar-refractivity contribution in [1.82, 2.24) is 10.6 Å². The number of carbonyl (C=O) groups is 2. The minimum atomic E-state index is -1.07. The molecule has 2 rings (SSSR count). The highest BCUT2D eigenvalue weighted by Gasteiger charge is 2.25. The van der Waals surface area contributed by atoms with Crippen LogP contribution in [-0.4, -0.2) is 25.1 Å². The first-order valence-corrected chi connectivity index (χ1v) is 8.56. The number of amides is 3. The molecule has 0 unspecified atom stereocenters. The van der Waals surface area contributed by atoms with Crippen molar-refractivity contribution in [3.05, 3.63) is 59.7 Å². The SMILES string of the molecule is CCNC(=O)NC(=O)[C@@H](Oc1ccc(C#N)cc1OCC)c1ccccc1. The number of carbonyl (C=O) groups excluding carboxylic acids is 2. The maximum atomic E-state index is 12.6. The summed E-state index contributed by atoms with van der Waals surface area (Å²) in [7, 11) is 0. The second kappa shape index (κ2) is 9.82. The van der Waals surface area contributed by atoms with E-state index in [1.165, 1.54) is 0 Å². The van der Waals surface area contributed by atoms with Crippen molar-refractivity contribution in [3.63, 3.8) is 0 Å². The van der Waals surface area contributed by atoms with Gasteiger partial charge in [0.15, 0.2) is 11.5 Å². The monoisotopic (exact) mass is 367 g/mol. The standard InChI is InChI=1S/C20H21N3O4/c1-3-22-20(25)23-19(24)18(15-8-6-5-7-9-15)27-16-11-10-14(13-21)12-17(16)26-4-2/h5-12,18H,3-4H2,1-2H3,(H2,22,23,24,25)/t18-/m0/s1. The van der Waals surface area contributed by atoms with Gasteiger partial charge in [0.25, 0.3) is 5.91 Å². The minimum Gasteiger partial charge on any atom is -0.490 e. The first-order valence-electron chi connectivity index (χ1n) is 8.56. The van der Waals surface area contributed by atoms with Crippen LogP contribution in [0.4, 0.5) is 4.79 Å². The molecule has 3 amide bonds. The molecule has 2 N–H and O–H groups in total. The smallest absolute Gasteiger partial charge is 0.321 e. The first kappa shape index (κ1) is 19.8. The van der Waals surface area contributed by atoms with Crippen LogP contribution in [0.1, 0.15) is 31.1 Å². The summed E-state index contributed by atoms with van der Waals surface area (Å²) in [5, 5.41) is 13.8. The van der Waals surface area contributed by atoms with E-state index >= 15 is 0 Å². The lowest BCUT2D eigenvalue weighted by atomic mass is 10.1. The van der Waals surface area contributed by atoms with Gasteiger partial charge in [-0.3, -0.25) is 10.1 Å². The zero-order valence-electron chi connectivity index (χ0n) is 15.2. The maximum absolute atomic E-state index is 12.6. The highest BCUT2D eigenvalue weighted by Crippen LogP contribution is 2.32. The molecule has 0 saturated heterocycles. The maximum Gasteiger partial charge on any atom is 0.321 e. The number of rotatable bonds is 7. The third-order valence-electron chi connectivity index (χ3n) is 3.53. The van der Waals surface area contributed by atoms with Crippen molar-refractivity contribution in [2.45, 2.75) is 20.0 Å². The first-order chi connectivity index (χ1) is 13.1. The van der Waals surface area contributed by atoms with Crippen LogP contribution in [0, 0.1) is 11.3 Å². The summed E-state index contributed by atoms with van der Waals surface area (Å²) in [6, 6.07) is 14.9. The Bertz CT molecular complexity index is 831. The van der Waals surface area contributed by atoms with Crippen molar-refractivity contribution in [3.8, 4) is 17.6 Å². The lowest BCUT2D eigenvalue weighted by molar-refractivity contribution is -0.127. The lowest BCUT2D eigenvalue weighted by Gasteiger charge is -2.20. The molecule has 0 aliphatic carbocycles. The molecule has 0 fully saturated rings. The van der Waals surface area contributed by atoms with Gasteiger partial charge < -0.3 is 14.8 Å². The Morgan fingerprint density at radius 2 is 1.85 bits per heavy atom. The molecule has 0 bridgehead atoms. The molecule has 7 nitrogen and oxygen atoms in total. The number of hydrogen-bond acceptors (Lipinski definition) is 5. The van der Waals surface area contributed by atoms with Gasteiger partial charge in [-0.05, 0) is 26.0 Å². The Labute approximate surface area is 157 Å². The van der Waals surface area contributed by atoms with E-state index < -0.39 is 18.0 Å². The van der Waals surface area contributed by atoms with Gasteiger partial charge in [0.2, 0.25) is 6.10 Å². The highest BCUT2D eigenvalue weighted by atomic mass is 16.5. The van der Waals surface area contributed by atoms with E-state index in [1.54, 1.807) is 56.3 Å². The quantitative estimate of drug-likeness (QED) is 0.784. The zero-order valence-corrected chi connectivity index (χ0v) is 15.2. The summed E-state index contributed by atoms with van der Waals surface area (Å²) in [6.07, 6.45) is -1.07. The summed E-state index contributed by atoms with van der Waals surface area (Å²) in [4.78, 5) is 24.4. The Morgan fingerprint density at radius 3 is 2.48 bits per heavy atom. The molecule has 0 radical (unpaired) electrons. The van der Waals surface area contributed by atoms with Crippen LogP contribution in [0.25, 0.3) is 0 Å². The molecule has 7 heteroatoms. The van der Waals surface area contributed by atoms with E-state index in [1.807, 2.05) is 12.1 Å². The number of nitrogens with zero attached hydrogens (tertiary/aromatic N) is 1. The number of imide groups is 1. The van der Waals surface area contributed by atoms with Crippen molar-refractivity contribution < 1.29 is 19.1 Å². The summed E-state index contributed by atoms with van der Waals surface area (Å²) < 4.78 is 11.4. The average molecular weight is 367 g/mol. The number of benzene rings is 2. The third-order valence-corrected chi connectivity index (χ3v) is 3.53. The Morgan fingerprint density at radius 1 is 1.11 bits per heavy atom. The summed E-state index contributed by atoms with van der Waals surface area (Å²) in [5.74, 6) is 0.0398. The molecule has 0 aliphatic rings. The predicted molar refractivity (Wildman–Crippen MR) is 99.4 cm³/mol. The fourth-order valence-electron chi connectivity index (χ4n) is 2.35. The van der Waals surface area contributed by atoms with E-state index in [-0.39, 0.29) is 0 Å². The molecule has 0 spiro atoms. The molecule has 0 aliphatic heterocycles. The van der Waals surface area contributed by atoms with Crippen LogP contribution in [0.5, 0.6) is 11.5 Å². The molecule has 0 heterocycles. The Balaban J connectivity index is 2.34. The largest absolute Gasteiger partial charge is 0.490 e. The van der Waals surface area contributed by atoms with Gasteiger partial charge in [-0.2, -0.15) is 5.26 Å². The molecular formula is C20H21N3O4. The highest BCUT2D eigenvalue weighted by molar-refractivity contribution is 5.97. The topological polar surface area (TPSA) is 100 Å². The molecule has 0 aromatic heterocycles. The van der Waals surface area contributed by atoms with Gasteiger partial charge >= 0.3 is 6.03 Å². The Hall–Kier alpha value is -3.53. The van der Waals surface area contributed by atoms with Crippen molar-refractivity contribution in [1.29, 1.82) is 5.26 Å². The van der Waals surface area contributed by atoms with Crippen molar-refractivity contribution in [2.24, 2.45) is 0 Å². The number of hydrogen-bond donors (Lipinski definition) is 2. The van der Waals surface area contributed by atoms with E-state index in [2.05, 4.69) is 10.6 Å². The molecule has 0 saturated carbocycles. The summed E-state index contributed by atoms with van der Waals surface area (Å²) in [5.41, 5.74) is 0.986. The molecule has 2 aromatic carbocycles. The normalized spacial score (nSPS) is 11.0. The molecule has 2 aromatic rings. The second-order valence-corrected chi connectivity index (χ2v) is 5.46. The van der Waals surface area contributed by atoms with Crippen molar-refractivity contribution >= 4 is 11.9 Å². The lowest BCUT2D eigenvalue weighted by Crippen LogP contribution is -2.42. The molecule has 1 atom stereocenters. The fraction of sp³-hybridized carbons (Fsp3) is 0.250. The van der Waals surface area contributed by atoms with Gasteiger partial charge in [-0.25, -0.2) is 4.79 Å². The van der Waals surface area contributed by atoms with Crippen LogP contribution in [0.15, 0.2) is 48.5 Å². The van der Waals surface area contributed by atoms with Crippen molar-refractivity contribution in [2.75, 3.05) is 13.2 Å². The molecule has 27 heavy (non-hydrogen) atoms. The minimum absolute atomic E-state index is 0.302. The van der Waals surface area contributed by atoms with E-state index in [4.69, 9.17) is 14.7 Å². The van der Waals surface area contributed by atoms with Gasteiger partial charge in [0.05, 0.1) is 18.2 Å². The van der Waals surface area contributed by atoms with E-state index in [0.717, 1.165) is 0 Å². The number of ether oxygens (including phenoxy) is 2. The number of nitriles is 1. The second-order valence-electron chi connectivity index (χ2n) is 5.46.